The summed E-state index contributed by atoms with van der Waals surface area (Å²) in [6.07, 6.45) is 5.23. The number of nitrogens with one attached hydrogen (secondary N) is 2. The van der Waals surface area contributed by atoms with Gasteiger partial charge in [0.2, 0.25) is 11.8 Å². The Labute approximate surface area is 187 Å². The summed E-state index contributed by atoms with van der Waals surface area (Å²) in [4.78, 5) is 30.5. The summed E-state index contributed by atoms with van der Waals surface area (Å²) in [5.41, 5.74) is 3.05. The number of benzene rings is 2. The number of phenols is 2. The van der Waals surface area contributed by atoms with Crippen molar-refractivity contribution >= 4 is 22.7 Å². The third-order valence-corrected chi connectivity index (χ3v) is 6.18. The van der Waals surface area contributed by atoms with E-state index in [0.717, 1.165) is 34.9 Å². The van der Waals surface area contributed by atoms with Crippen LogP contribution in [0.4, 0.5) is 0 Å². The summed E-state index contributed by atoms with van der Waals surface area (Å²) >= 11 is 0. The molecule has 1 atom stereocenters. The molecule has 1 saturated heterocycles. The second-order valence-electron chi connectivity index (χ2n) is 8.40. The van der Waals surface area contributed by atoms with Crippen LogP contribution in [-0.4, -0.2) is 51.5 Å². The number of aromatic nitrogens is 1. The minimum Gasteiger partial charge on any atom is -0.504 e. The molecule has 1 aliphatic rings. The number of para-hydroxylation sites is 1. The van der Waals surface area contributed by atoms with E-state index >= 15 is 0 Å². The second kappa shape index (κ2) is 9.77. The number of phenolic OH excluding ortho intramolecular Hbond substituents is 2. The van der Waals surface area contributed by atoms with Crippen molar-refractivity contribution in [2.45, 2.75) is 32.1 Å². The fourth-order valence-corrected chi connectivity index (χ4v) is 4.35. The minimum atomic E-state index is -0.200. The highest BCUT2D eigenvalue weighted by Gasteiger charge is 2.28. The van der Waals surface area contributed by atoms with Gasteiger partial charge in [-0.3, -0.25) is 9.59 Å². The molecule has 1 fully saturated rings. The molecule has 1 aliphatic heterocycles. The second-order valence-corrected chi connectivity index (χ2v) is 8.40. The highest BCUT2D eigenvalue weighted by molar-refractivity contribution is 5.84. The topological polar surface area (TPSA) is 106 Å². The fraction of sp³-hybridized carbons (Fsp3) is 0.360. The van der Waals surface area contributed by atoms with Gasteiger partial charge in [-0.1, -0.05) is 24.3 Å². The van der Waals surface area contributed by atoms with Gasteiger partial charge < -0.3 is 25.4 Å². The average molecular weight is 436 g/mol. The van der Waals surface area contributed by atoms with Crippen molar-refractivity contribution in [2.24, 2.45) is 5.92 Å². The van der Waals surface area contributed by atoms with Crippen LogP contribution < -0.4 is 5.32 Å². The molecule has 3 aromatic rings. The van der Waals surface area contributed by atoms with Gasteiger partial charge in [-0.2, -0.15) is 0 Å². The van der Waals surface area contributed by atoms with Crippen molar-refractivity contribution in [3.05, 3.63) is 59.8 Å². The predicted molar refractivity (Wildman–Crippen MR) is 122 cm³/mol. The Bertz CT molecular complexity index is 1110. The molecule has 7 heteroatoms. The Morgan fingerprint density at radius 3 is 2.78 bits per heavy atom. The first-order valence-corrected chi connectivity index (χ1v) is 11.1. The molecule has 2 amide bonds. The van der Waals surface area contributed by atoms with E-state index in [4.69, 9.17) is 0 Å². The van der Waals surface area contributed by atoms with Crippen LogP contribution >= 0.6 is 0 Å². The van der Waals surface area contributed by atoms with Gasteiger partial charge in [-0.05, 0) is 55.0 Å². The standard InChI is InChI=1S/C25H29N3O4/c29-22-9-7-17(14-23(22)30)11-12-26-25(32)19-4-3-13-28(16-19)24(31)10-8-18-15-27-21-6-2-1-5-20(18)21/h1-2,5-7,9,14-15,19,27,29-30H,3-4,8,10-13,16H2,(H,26,32). The molecule has 0 saturated carbocycles. The zero-order chi connectivity index (χ0) is 22.5. The lowest BCUT2D eigenvalue weighted by molar-refractivity contribution is -0.135. The first kappa shape index (κ1) is 21.7. The maximum Gasteiger partial charge on any atom is 0.224 e. The number of nitrogens with zero attached hydrogens (tertiary/aromatic N) is 1. The molecule has 4 N–H and O–H groups in total. The monoisotopic (exact) mass is 435 g/mol. The SMILES string of the molecule is O=C(NCCc1ccc(O)c(O)c1)C1CCCN(C(=O)CCc2c[nH]c3ccccc23)C1. The lowest BCUT2D eigenvalue weighted by atomic mass is 9.96. The van der Waals surface area contributed by atoms with Gasteiger partial charge in [0.15, 0.2) is 11.5 Å². The van der Waals surface area contributed by atoms with E-state index in [9.17, 15) is 19.8 Å². The average Bonchev–Trinajstić information content (AvgIpc) is 3.23. The van der Waals surface area contributed by atoms with Crippen LogP contribution in [-0.2, 0) is 22.4 Å². The summed E-state index contributed by atoms with van der Waals surface area (Å²) in [6.45, 7) is 1.59. The number of aromatic hydroxyl groups is 2. The van der Waals surface area contributed by atoms with Crippen LogP contribution in [0.3, 0.4) is 0 Å². The molecule has 0 aliphatic carbocycles. The first-order chi connectivity index (χ1) is 15.5. The zero-order valence-corrected chi connectivity index (χ0v) is 18.0. The summed E-state index contributed by atoms with van der Waals surface area (Å²) < 4.78 is 0. The van der Waals surface area contributed by atoms with Gasteiger partial charge in [0, 0.05) is 43.2 Å². The lowest BCUT2D eigenvalue weighted by Crippen LogP contribution is -2.45. The van der Waals surface area contributed by atoms with Crippen molar-refractivity contribution < 1.29 is 19.8 Å². The molecule has 0 bridgehead atoms. The van der Waals surface area contributed by atoms with E-state index < -0.39 is 0 Å². The number of aromatic amines is 1. The number of amides is 2. The molecule has 4 rings (SSSR count). The van der Waals surface area contributed by atoms with Crippen molar-refractivity contribution in [3.8, 4) is 11.5 Å². The Morgan fingerprint density at radius 1 is 1.09 bits per heavy atom. The van der Waals surface area contributed by atoms with Crippen LogP contribution in [0.5, 0.6) is 11.5 Å². The van der Waals surface area contributed by atoms with E-state index in [-0.39, 0.29) is 29.2 Å². The van der Waals surface area contributed by atoms with Crippen molar-refractivity contribution in [1.82, 2.24) is 15.2 Å². The predicted octanol–water partition coefficient (Wildman–Crippen LogP) is 3.11. The number of hydrogen-bond acceptors (Lipinski definition) is 4. The minimum absolute atomic E-state index is 0.0397. The number of piperidine rings is 1. The van der Waals surface area contributed by atoms with Crippen LogP contribution in [0.25, 0.3) is 10.9 Å². The highest BCUT2D eigenvalue weighted by atomic mass is 16.3. The number of H-pyrrole nitrogens is 1. The quantitative estimate of drug-likeness (QED) is 0.428. The van der Waals surface area contributed by atoms with E-state index in [2.05, 4.69) is 16.4 Å². The Hall–Kier alpha value is -3.48. The summed E-state index contributed by atoms with van der Waals surface area (Å²) in [6, 6.07) is 12.7. The van der Waals surface area contributed by atoms with E-state index in [0.29, 0.717) is 38.9 Å². The number of likely N-dealkylation sites (tertiary alicyclic amines) is 1. The largest absolute Gasteiger partial charge is 0.504 e. The fourth-order valence-electron chi connectivity index (χ4n) is 4.35. The van der Waals surface area contributed by atoms with Gasteiger partial charge in [-0.15, -0.1) is 0 Å². The number of carbonyl (C=O) groups excluding carboxylic acids is 2. The number of hydrogen-bond donors (Lipinski definition) is 4. The number of fused-ring (bicyclic) bond motifs is 1. The molecule has 1 aromatic heterocycles. The van der Waals surface area contributed by atoms with Crippen LogP contribution in [0.2, 0.25) is 0 Å². The zero-order valence-electron chi connectivity index (χ0n) is 18.0. The van der Waals surface area contributed by atoms with E-state index in [1.54, 1.807) is 6.07 Å². The van der Waals surface area contributed by atoms with Crippen LogP contribution in [0.1, 0.15) is 30.4 Å². The van der Waals surface area contributed by atoms with E-state index in [1.807, 2.05) is 29.3 Å². The molecule has 32 heavy (non-hydrogen) atoms. The lowest BCUT2D eigenvalue weighted by Gasteiger charge is -2.32. The van der Waals surface area contributed by atoms with Gasteiger partial charge >= 0.3 is 0 Å². The van der Waals surface area contributed by atoms with Crippen molar-refractivity contribution in [1.29, 1.82) is 0 Å². The maximum atomic E-state index is 12.8. The number of aryl methyl sites for hydroxylation is 1. The maximum absolute atomic E-state index is 12.8. The van der Waals surface area contributed by atoms with E-state index in [1.165, 1.54) is 12.1 Å². The summed E-state index contributed by atoms with van der Waals surface area (Å²) in [5, 5.41) is 23.1. The Morgan fingerprint density at radius 2 is 1.94 bits per heavy atom. The third kappa shape index (κ3) is 5.04. The van der Waals surface area contributed by atoms with Gasteiger partial charge in [-0.25, -0.2) is 0 Å². The molecule has 7 nitrogen and oxygen atoms in total. The van der Waals surface area contributed by atoms with Gasteiger partial charge in [0.25, 0.3) is 0 Å². The molecule has 0 spiro atoms. The van der Waals surface area contributed by atoms with Gasteiger partial charge in [0.05, 0.1) is 5.92 Å². The molecule has 0 radical (unpaired) electrons. The van der Waals surface area contributed by atoms with Crippen LogP contribution in [0, 0.1) is 5.92 Å². The number of rotatable bonds is 7. The van der Waals surface area contributed by atoms with Crippen LogP contribution in [0.15, 0.2) is 48.7 Å². The molecule has 2 aromatic carbocycles. The molecular formula is C25H29N3O4. The van der Waals surface area contributed by atoms with Crippen molar-refractivity contribution in [3.63, 3.8) is 0 Å². The van der Waals surface area contributed by atoms with Crippen molar-refractivity contribution in [2.75, 3.05) is 19.6 Å². The first-order valence-electron chi connectivity index (χ1n) is 11.1. The third-order valence-electron chi connectivity index (χ3n) is 6.18. The highest BCUT2D eigenvalue weighted by Crippen LogP contribution is 2.25. The molecular weight excluding hydrogens is 406 g/mol. The Kier molecular flexibility index (Phi) is 6.63. The molecule has 168 valence electrons. The molecule has 1 unspecified atom stereocenters. The summed E-state index contributed by atoms with van der Waals surface area (Å²) in [5.74, 6) is -0.471. The summed E-state index contributed by atoms with van der Waals surface area (Å²) in [7, 11) is 0. The van der Waals surface area contributed by atoms with Gasteiger partial charge in [0.1, 0.15) is 0 Å². The molecule has 2 heterocycles. The normalized spacial score (nSPS) is 16.2. The smallest absolute Gasteiger partial charge is 0.224 e. The Balaban J connectivity index is 1.25. The number of carbonyl (C=O) groups is 2.